The van der Waals surface area contributed by atoms with E-state index in [9.17, 15) is 14.4 Å². The molecular formula is C21H30O5. The molecule has 144 valence electrons. The fourth-order valence-corrected chi connectivity index (χ4v) is 2.59. The van der Waals surface area contributed by atoms with Gasteiger partial charge in [0.1, 0.15) is 11.4 Å². The van der Waals surface area contributed by atoms with Gasteiger partial charge >= 0.3 is 11.9 Å². The summed E-state index contributed by atoms with van der Waals surface area (Å²) in [6, 6.07) is 7.51. The molecule has 0 aromatic heterocycles. The van der Waals surface area contributed by atoms with E-state index < -0.39 is 23.5 Å². The molecular weight excluding hydrogens is 332 g/mol. The summed E-state index contributed by atoms with van der Waals surface area (Å²) < 4.78 is 10.7. The molecule has 1 rings (SSSR count). The molecule has 0 unspecified atom stereocenters. The van der Waals surface area contributed by atoms with Crippen molar-refractivity contribution in [2.45, 2.75) is 72.5 Å². The third kappa shape index (κ3) is 8.79. The van der Waals surface area contributed by atoms with E-state index in [1.54, 1.807) is 34.6 Å². The molecule has 0 saturated heterocycles. The standard InChI is InChI=1S/C21H30O5/c1-14(2)25-20(24)18(13-19(23)26-21(4,5)6)12-17-9-7-8-16(11-17)10-15(3)22/h7-9,11,14,18H,10,12-13H2,1-6H3/t18-/m0/s1. The summed E-state index contributed by atoms with van der Waals surface area (Å²) >= 11 is 0. The van der Waals surface area contributed by atoms with Crippen molar-refractivity contribution < 1.29 is 23.9 Å². The monoisotopic (exact) mass is 362 g/mol. The first-order chi connectivity index (χ1) is 12.0. The quantitative estimate of drug-likeness (QED) is 0.660. The lowest BCUT2D eigenvalue weighted by molar-refractivity contribution is -0.163. The highest BCUT2D eigenvalue weighted by Gasteiger charge is 2.27. The normalized spacial score (nSPS) is 12.6. The number of carbonyl (C=O) groups is 3. The molecule has 0 saturated carbocycles. The van der Waals surface area contributed by atoms with Gasteiger partial charge in [-0.15, -0.1) is 0 Å². The van der Waals surface area contributed by atoms with Crippen molar-refractivity contribution in [2.75, 3.05) is 0 Å². The molecule has 0 radical (unpaired) electrons. The molecule has 0 aliphatic heterocycles. The van der Waals surface area contributed by atoms with Crippen molar-refractivity contribution in [1.82, 2.24) is 0 Å². The predicted octanol–water partition coefficient (Wildman–Crippen LogP) is 3.66. The maximum atomic E-state index is 12.4. The largest absolute Gasteiger partial charge is 0.463 e. The van der Waals surface area contributed by atoms with Crippen LogP contribution in [0.1, 0.15) is 59.1 Å². The van der Waals surface area contributed by atoms with Crippen LogP contribution in [0.5, 0.6) is 0 Å². The second-order valence-corrected chi connectivity index (χ2v) is 7.88. The zero-order valence-corrected chi connectivity index (χ0v) is 16.6. The minimum atomic E-state index is -0.625. The highest BCUT2D eigenvalue weighted by molar-refractivity contribution is 5.80. The third-order valence-electron chi connectivity index (χ3n) is 3.44. The Morgan fingerprint density at radius 2 is 1.69 bits per heavy atom. The maximum Gasteiger partial charge on any atom is 0.310 e. The number of benzene rings is 1. The van der Waals surface area contributed by atoms with Gasteiger partial charge in [-0.3, -0.25) is 14.4 Å². The summed E-state index contributed by atoms with van der Waals surface area (Å²) in [7, 11) is 0. The highest BCUT2D eigenvalue weighted by atomic mass is 16.6. The zero-order valence-electron chi connectivity index (χ0n) is 16.6. The van der Waals surface area contributed by atoms with Gasteiger partial charge in [0.15, 0.2) is 0 Å². The maximum absolute atomic E-state index is 12.4. The topological polar surface area (TPSA) is 69.7 Å². The van der Waals surface area contributed by atoms with Gasteiger partial charge in [-0.1, -0.05) is 24.3 Å². The van der Waals surface area contributed by atoms with Crippen molar-refractivity contribution >= 4 is 17.7 Å². The van der Waals surface area contributed by atoms with Gasteiger partial charge in [0.25, 0.3) is 0 Å². The van der Waals surface area contributed by atoms with Crippen LogP contribution in [0, 0.1) is 5.92 Å². The van der Waals surface area contributed by atoms with Crippen LogP contribution in [0.4, 0.5) is 0 Å². The summed E-state index contributed by atoms with van der Waals surface area (Å²) in [4.78, 5) is 35.9. The molecule has 1 aromatic rings. The molecule has 0 aliphatic rings. The molecule has 1 aromatic carbocycles. The van der Waals surface area contributed by atoms with Gasteiger partial charge in [0, 0.05) is 6.42 Å². The predicted molar refractivity (Wildman–Crippen MR) is 99.7 cm³/mol. The van der Waals surface area contributed by atoms with Crippen LogP contribution >= 0.6 is 0 Å². The Labute approximate surface area is 156 Å². The number of ketones is 1. The lowest BCUT2D eigenvalue weighted by atomic mass is 9.94. The third-order valence-corrected chi connectivity index (χ3v) is 3.44. The van der Waals surface area contributed by atoms with Gasteiger partial charge < -0.3 is 9.47 Å². The van der Waals surface area contributed by atoms with Crippen LogP contribution in [-0.2, 0) is 36.7 Å². The molecule has 0 spiro atoms. The fourth-order valence-electron chi connectivity index (χ4n) is 2.59. The average molecular weight is 362 g/mol. The van der Waals surface area contributed by atoms with Crippen molar-refractivity contribution in [2.24, 2.45) is 5.92 Å². The first-order valence-electron chi connectivity index (χ1n) is 8.96. The number of Topliss-reactive ketones (excluding diaryl/α,β-unsaturated/α-hetero) is 1. The number of hydrogen-bond donors (Lipinski definition) is 0. The summed E-state index contributed by atoms with van der Waals surface area (Å²) in [5.74, 6) is -1.39. The van der Waals surface area contributed by atoms with Crippen LogP contribution in [0.3, 0.4) is 0 Å². The molecule has 0 bridgehead atoms. The van der Waals surface area contributed by atoms with Crippen LogP contribution in [0.25, 0.3) is 0 Å². The van der Waals surface area contributed by atoms with Gasteiger partial charge in [0.2, 0.25) is 0 Å². The van der Waals surface area contributed by atoms with Crippen molar-refractivity contribution in [3.05, 3.63) is 35.4 Å². The molecule has 0 N–H and O–H groups in total. The number of carbonyl (C=O) groups excluding carboxylic acids is 3. The van der Waals surface area contributed by atoms with E-state index in [2.05, 4.69) is 0 Å². The number of rotatable bonds is 8. The van der Waals surface area contributed by atoms with Crippen LogP contribution in [0.15, 0.2) is 24.3 Å². The second kappa shape index (κ2) is 9.51. The Kier molecular flexibility index (Phi) is 8.00. The number of esters is 2. The van der Waals surface area contributed by atoms with Crippen LogP contribution < -0.4 is 0 Å². The molecule has 26 heavy (non-hydrogen) atoms. The summed E-state index contributed by atoms with van der Waals surface area (Å²) in [5.41, 5.74) is 1.17. The molecule has 0 fully saturated rings. The summed E-state index contributed by atoms with van der Waals surface area (Å²) in [5, 5.41) is 0. The van der Waals surface area contributed by atoms with Crippen molar-refractivity contribution in [3.8, 4) is 0 Å². The van der Waals surface area contributed by atoms with Gasteiger partial charge in [0.05, 0.1) is 18.4 Å². The van der Waals surface area contributed by atoms with Gasteiger partial charge in [-0.2, -0.15) is 0 Å². The Morgan fingerprint density at radius 3 is 2.23 bits per heavy atom. The van der Waals surface area contributed by atoms with Crippen LogP contribution in [0.2, 0.25) is 0 Å². The van der Waals surface area contributed by atoms with E-state index in [1.807, 2.05) is 24.3 Å². The first kappa shape index (κ1) is 21.9. The molecule has 0 amide bonds. The van der Waals surface area contributed by atoms with Crippen molar-refractivity contribution in [1.29, 1.82) is 0 Å². The first-order valence-corrected chi connectivity index (χ1v) is 8.96. The second-order valence-electron chi connectivity index (χ2n) is 7.88. The van der Waals surface area contributed by atoms with E-state index in [0.29, 0.717) is 12.8 Å². The lowest BCUT2D eigenvalue weighted by Crippen LogP contribution is -2.30. The Bertz CT molecular complexity index is 640. The Balaban J connectivity index is 2.92. The summed E-state index contributed by atoms with van der Waals surface area (Å²) in [6.45, 7) is 10.5. The van der Waals surface area contributed by atoms with E-state index >= 15 is 0 Å². The molecule has 5 nitrogen and oxygen atoms in total. The highest BCUT2D eigenvalue weighted by Crippen LogP contribution is 2.19. The SMILES string of the molecule is CC(=O)Cc1cccc(C[C@@H](CC(=O)OC(C)(C)C)C(=O)OC(C)C)c1. The zero-order chi connectivity index (χ0) is 19.9. The minimum absolute atomic E-state index is 0.0419. The average Bonchev–Trinajstić information content (AvgIpc) is 2.43. The molecule has 1 atom stereocenters. The fraction of sp³-hybridized carbons (Fsp3) is 0.571. The Morgan fingerprint density at radius 1 is 1.08 bits per heavy atom. The smallest absolute Gasteiger partial charge is 0.310 e. The number of hydrogen-bond acceptors (Lipinski definition) is 5. The Hall–Kier alpha value is -2.17. The summed E-state index contributed by atoms with van der Waals surface area (Å²) in [6.07, 6.45) is 0.407. The van der Waals surface area contributed by atoms with E-state index in [-0.39, 0.29) is 18.3 Å². The van der Waals surface area contributed by atoms with E-state index in [1.165, 1.54) is 6.92 Å². The lowest BCUT2D eigenvalue weighted by Gasteiger charge is -2.22. The molecule has 0 aliphatic carbocycles. The minimum Gasteiger partial charge on any atom is -0.463 e. The van der Waals surface area contributed by atoms with Crippen molar-refractivity contribution in [3.63, 3.8) is 0 Å². The van der Waals surface area contributed by atoms with Gasteiger partial charge in [-0.25, -0.2) is 0 Å². The van der Waals surface area contributed by atoms with Crippen LogP contribution in [-0.4, -0.2) is 29.4 Å². The van der Waals surface area contributed by atoms with Gasteiger partial charge in [-0.05, 0) is 59.1 Å². The molecule has 5 heteroatoms. The molecule has 0 heterocycles. The van der Waals surface area contributed by atoms with E-state index in [0.717, 1.165) is 11.1 Å². The number of ether oxygens (including phenoxy) is 2. The van der Waals surface area contributed by atoms with E-state index in [4.69, 9.17) is 9.47 Å².